The van der Waals surface area contributed by atoms with Gasteiger partial charge in [-0.05, 0) is 44.0 Å². The molecule has 2 aromatic carbocycles. The van der Waals surface area contributed by atoms with E-state index < -0.39 is 0 Å². The van der Waals surface area contributed by atoms with Crippen LogP contribution in [0.3, 0.4) is 0 Å². The van der Waals surface area contributed by atoms with Gasteiger partial charge < -0.3 is 20.4 Å². The molecular formula is C24H32N4O. The van der Waals surface area contributed by atoms with E-state index in [-0.39, 0.29) is 18.1 Å². The van der Waals surface area contributed by atoms with Gasteiger partial charge in [-0.3, -0.25) is 0 Å². The lowest BCUT2D eigenvalue weighted by Crippen LogP contribution is -2.58. The summed E-state index contributed by atoms with van der Waals surface area (Å²) in [6.45, 7) is 3.65. The Labute approximate surface area is 174 Å². The molecule has 0 aromatic heterocycles. The summed E-state index contributed by atoms with van der Waals surface area (Å²) >= 11 is 0. The molecule has 2 saturated heterocycles. The van der Waals surface area contributed by atoms with E-state index in [1.165, 1.54) is 19.4 Å². The van der Waals surface area contributed by atoms with Crippen LogP contribution >= 0.6 is 0 Å². The molecule has 2 atom stereocenters. The van der Waals surface area contributed by atoms with Gasteiger partial charge in [0.2, 0.25) is 0 Å². The third-order valence-corrected chi connectivity index (χ3v) is 6.36. The minimum Gasteiger partial charge on any atom is -0.327 e. The third kappa shape index (κ3) is 4.80. The van der Waals surface area contributed by atoms with Crippen molar-refractivity contribution in [2.45, 2.75) is 37.4 Å². The van der Waals surface area contributed by atoms with Crippen LogP contribution in [0.5, 0.6) is 0 Å². The van der Waals surface area contributed by atoms with Gasteiger partial charge in [-0.2, -0.15) is 0 Å². The average Bonchev–Trinajstić information content (AvgIpc) is 3.18. The lowest BCUT2D eigenvalue weighted by molar-refractivity contribution is 0.135. The minimum absolute atomic E-state index is 0.0369. The molecule has 0 aliphatic carbocycles. The second kappa shape index (κ2) is 9.42. The first-order valence-corrected chi connectivity index (χ1v) is 10.8. The molecule has 2 amide bonds. The molecule has 5 heteroatoms. The number of likely N-dealkylation sites (tertiary alicyclic amines) is 1. The third-order valence-electron chi connectivity index (χ3n) is 6.36. The highest BCUT2D eigenvalue weighted by Crippen LogP contribution is 2.25. The summed E-state index contributed by atoms with van der Waals surface area (Å²) in [5, 5.41) is 6.82. The lowest BCUT2D eigenvalue weighted by atomic mass is 9.98. The zero-order chi connectivity index (χ0) is 20.1. The topological polar surface area (TPSA) is 47.6 Å². The van der Waals surface area contributed by atoms with Crippen molar-refractivity contribution in [2.75, 3.05) is 33.2 Å². The van der Waals surface area contributed by atoms with Gasteiger partial charge in [0, 0.05) is 31.7 Å². The summed E-state index contributed by atoms with van der Waals surface area (Å²) in [6.07, 6.45) is 3.54. The molecule has 2 N–H and O–H groups in total. The monoisotopic (exact) mass is 392 g/mol. The van der Waals surface area contributed by atoms with Gasteiger partial charge in [0.05, 0.1) is 6.04 Å². The van der Waals surface area contributed by atoms with Gasteiger partial charge >= 0.3 is 6.03 Å². The standard InChI is InChI=1S/C24H32N4O/c1-27-15-8-13-21(27)17-22-18-25-14-16-28(22)24(29)26-23(19-9-4-2-5-10-19)20-11-6-3-7-12-20/h2-7,9-12,21-23,25H,8,13-18H2,1H3,(H,26,29). The number of carbonyl (C=O) groups is 1. The molecule has 0 spiro atoms. The number of carbonyl (C=O) groups excluding carboxylic acids is 1. The van der Waals surface area contributed by atoms with E-state index in [1.807, 2.05) is 36.4 Å². The fraction of sp³-hybridized carbons (Fsp3) is 0.458. The summed E-state index contributed by atoms with van der Waals surface area (Å²) in [4.78, 5) is 17.9. The summed E-state index contributed by atoms with van der Waals surface area (Å²) < 4.78 is 0. The SMILES string of the molecule is CN1CCCC1CC1CNCCN1C(=O)NC(c1ccccc1)c1ccccc1. The van der Waals surface area contributed by atoms with Crippen LogP contribution in [0.1, 0.15) is 36.4 Å². The van der Waals surface area contributed by atoms with E-state index in [1.54, 1.807) is 0 Å². The van der Waals surface area contributed by atoms with Crippen molar-refractivity contribution in [3.05, 3.63) is 71.8 Å². The van der Waals surface area contributed by atoms with Crippen LogP contribution in [0.15, 0.2) is 60.7 Å². The molecule has 0 bridgehead atoms. The first-order chi connectivity index (χ1) is 14.2. The zero-order valence-electron chi connectivity index (χ0n) is 17.3. The molecule has 0 saturated carbocycles. The highest BCUT2D eigenvalue weighted by molar-refractivity contribution is 5.76. The molecule has 2 aliphatic rings. The number of piperazine rings is 1. The highest BCUT2D eigenvalue weighted by Gasteiger charge is 2.32. The van der Waals surface area contributed by atoms with Crippen molar-refractivity contribution >= 4 is 6.03 Å². The Balaban J connectivity index is 1.51. The van der Waals surface area contributed by atoms with Crippen molar-refractivity contribution in [3.8, 4) is 0 Å². The van der Waals surface area contributed by atoms with E-state index in [9.17, 15) is 4.79 Å². The Bertz CT molecular complexity index is 742. The molecule has 5 nitrogen and oxygen atoms in total. The molecule has 2 aromatic rings. The number of amides is 2. The summed E-state index contributed by atoms with van der Waals surface area (Å²) in [6, 6.07) is 21.2. The van der Waals surface area contributed by atoms with E-state index in [0.29, 0.717) is 6.04 Å². The maximum Gasteiger partial charge on any atom is 0.318 e. The van der Waals surface area contributed by atoms with E-state index in [4.69, 9.17) is 0 Å². The van der Waals surface area contributed by atoms with E-state index in [2.05, 4.69) is 51.7 Å². The van der Waals surface area contributed by atoms with Gasteiger partial charge in [0.25, 0.3) is 0 Å². The molecule has 154 valence electrons. The van der Waals surface area contributed by atoms with Crippen LogP contribution in [0.2, 0.25) is 0 Å². The molecular weight excluding hydrogens is 360 g/mol. The Morgan fingerprint density at radius 3 is 2.28 bits per heavy atom. The van der Waals surface area contributed by atoms with Crippen LogP contribution in [0, 0.1) is 0 Å². The first kappa shape index (κ1) is 19.9. The van der Waals surface area contributed by atoms with Gasteiger partial charge in [-0.1, -0.05) is 60.7 Å². The second-order valence-electron chi connectivity index (χ2n) is 8.27. The largest absolute Gasteiger partial charge is 0.327 e. The normalized spacial score (nSPS) is 22.8. The van der Waals surface area contributed by atoms with E-state index >= 15 is 0 Å². The highest BCUT2D eigenvalue weighted by atomic mass is 16.2. The Morgan fingerprint density at radius 2 is 1.69 bits per heavy atom. The number of nitrogens with one attached hydrogen (secondary N) is 2. The number of urea groups is 1. The van der Waals surface area contributed by atoms with Crippen LogP contribution in [0.4, 0.5) is 4.79 Å². The van der Waals surface area contributed by atoms with Crippen molar-refractivity contribution in [1.29, 1.82) is 0 Å². The van der Waals surface area contributed by atoms with Crippen LogP contribution in [0.25, 0.3) is 0 Å². The Kier molecular flexibility index (Phi) is 6.47. The Hall–Kier alpha value is -2.37. The molecule has 2 unspecified atom stereocenters. The minimum atomic E-state index is -0.144. The van der Waals surface area contributed by atoms with E-state index in [0.717, 1.165) is 37.2 Å². The van der Waals surface area contributed by atoms with Gasteiger partial charge in [-0.15, -0.1) is 0 Å². The number of rotatable bonds is 5. The second-order valence-corrected chi connectivity index (χ2v) is 8.27. The number of benzene rings is 2. The molecule has 4 rings (SSSR count). The zero-order valence-corrected chi connectivity index (χ0v) is 17.3. The molecule has 29 heavy (non-hydrogen) atoms. The number of hydrogen-bond acceptors (Lipinski definition) is 3. The Morgan fingerprint density at radius 1 is 1.03 bits per heavy atom. The van der Waals surface area contributed by atoms with Gasteiger partial charge in [0.1, 0.15) is 0 Å². The van der Waals surface area contributed by atoms with Crippen LogP contribution in [-0.4, -0.2) is 61.1 Å². The average molecular weight is 393 g/mol. The summed E-state index contributed by atoms with van der Waals surface area (Å²) in [5.41, 5.74) is 2.21. The smallest absolute Gasteiger partial charge is 0.318 e. The predicted octanol–water partition coefficient (Wildman–Crippen LogP) is 3.24. The molecule has 2 heterocycles. The van der Waals surface area contributed by atoms with Crippen LogP contribution < -0.4 is 10.6 Å². The lowest BCUT2D eigenvalue weighted by Gasteiger charge is -2.39. The predicted molar refractivity (Wildman–Crippen MR) is 117 cm³/mol. The van der Waals surface area contributed by atoms with Crippen molar-refractivity contribution in [2.24, 2.45) is 0 Å². The van der Waals surface area contributed by atoms with Crippen LogP contribution in [-0.2, 0) is 0 Å². The van der Waals surface area contributed by atoms with Crippen molar-refractivity contribution in [3.63, 3.8) is 0 Å². The summed E-state index contributed by atoms with van der Waals surface area (Å²) in [7, 11) is 2.21. The van der Waals surface area contributed by atoms with Crippen molar-refractivity contribution < 1.29 is 4.79 Å². The van der Waals surface area contributed by atoms with Crippen molar-refractivity contribution in [1.82, 2.24) is 20.4 Å². The number of hydrogen-bond donors (Lipinski definition) is 2. The maximum absolute atomic E-state index is 13.4. The molecule has 2 fully saturated rings. The number of nitrogens with zero attached hydrogens (tertiary/aromatic N) is 2. The fourth-order valence-electron chi connectivity index (χ4n) is 4.69. The maximum atomic E-state index is 13.4. The van der Waals surface area contributed by atoms with Gasteiger partial charge in [0.15, 0.2) is 0 Å². The van der Waals surface area contributed by atoms with Gasteiger partial charge in [-0.25, -0.2) is 4.79 Å². The quantitative estimate of drug-likeness (QED) is 0.821. The fourth-order valence-corrected chi connectivity index (χ4v) is 4.69. The first-order valence-electron chi connectivity index (χ1n) is 10.8. The molecule has 2 aliphatic heterocycles. The molecule has 0 radical (unpaired) electrons. The summed E-state index contributed by atoms with van der Waals surface area (Å²) in [5.74, 6) is 0.